The summed E-state index contributed by atoms with van der Waals surface area (Å²) in [6.07, 6.45) is 0. The van der Waals surface area contributed by atoms with Crippen LogP contribution in [0.1, 0.15) is 13.8 Å². The van der Waals surface area contributed by atoms with Gasteiger partial charge in [-0.1, -0.05) is 0 Å². The third-order valence-electron chi connectivity index (χ3n) is 2.31. The van der Waals surface area contributed by atoms with E-state index >= 15 is 0 Å². The highest BCUT2D eigenvalue weighted by atomic mass is 19.1. The molecule has 5 nitrogen and oxygen atoms in total. The zero-order valence-electron chi connectivity index (χ0n) is 10.9. The fraction of sp³-hybridized carbons (Fsp3) is 0.385. The van der Waals surface area contributed by atoms with Gasteiger partial charge >= 0.3 is 0 Å². The normalized spacial score (nSPS) is 11.5. The molecule has 2 amide bonds. The first-order chi connectivity index (χ1) is 9.02. The van der Waals surface area contributed by atoms with Crippen molar-refractivity contribution in [3.8, 4) is 5.75 Å². The molecule has 0 radical (unpaired) electrons. The van der Waals surface area contributed by atoms with Crippen molar-refractivity contribution in [3.05, 3.63) is 30.1 Å². The van der Waals surface area contributed by atoms with Gasteiger partial charge in [0.15, 0.2) is 6.61 Å². The zero-order valence-corrected chi connectivity index (χ0v) is 10.9. The molecule has 0 aliphatic rings. The molecule has 2 N–H and O–H groups in total. The standard InChI is InChI=1S/C13H17FN2O3/c1-3-15-13(18)9(2)16-12(17)8-19-11-6-4-10(14)5-7-11/h4-7,9H,3,8H2,1-2H3,(H,15,18)(H,16,17)/t9-/m1/s1. The van der Waals surface area contributed by atoms with Crippen LogP contribution in [0.15, 0.2) is 24.3 Å². The molecular weight excluding hydrogens is 251 g/mol. The Labute approximate surface area is 111 Å². The molecule has 1 atom stereocenters. The van der Waals surface area contributed by atoms with Crippen molar-refractivity contribution in [2.24, 2.45) is 0 Å². The van der Waals surface area contributed by atoms with E-state index in [1.165, 1.54) is 24.3 Å². The van der Waals surface area contributed by atoms with Gasteiger partial charge in [-0.05, 0) is 38.1 Å². The van der Waals surface area contributed by atoms with E-state index in [9.17, 15) is 14.0 Å². The summed E-state index contributed by atoms with van der Waals surface area (Å²) in [5, 5.41) is 5.09. The first-order valence-electron chi connectivity index (χ1n) is 5.98. The van der Waals surface area contributed by atoms with Crippen LogP contribution in [0.5, 0.6) is 5.75 Å². The van der Waals surface area contributed by atoms with E-state index in [-0.39, 0.29) is 18.3 Å². The maximum Gasteiger partial charge on any atom is 0.258 e. The second-order valence-electron chi connectivity index (χ2n) is 3.93. The lowest BCUT2D eigenvalue weighted by atomic mass is 10.3. The maximum absolute atomic E-state index is 12.6. The minimum atomic E-state index is -0.621. The van der Waals surface area contributed by atoms with E-state index in [4.69, 9.17) is 4.74 Å². The molecule has 0 aliphatic heterocycles. The van der Waals surface area contributed by atoms with Crippen molar-refractivity contribution >= 4 is 11.8 Å². The summed E-state index contributed by atoms with van der Waals surface area (Å²) in [5.41, 5.74) is 0. The number of hydrogen-bond acceptors (Lipinski definition) is 3. The average Bonchev–Trinajstić information content (AvgIpc) is 2.38. The molecule has 0 aromatic heterocycles. The maximum atomic E-state index is 12.6. The number of ether oxygens (including phenoxy) is 1. The molecule has 0 bridgehead atoms. The second-order valence-corrected chi connectivity index (χ2v) is 3.93. The first-order valence-corrected chi connectivity index (χ1v) is 5.98. The van der Waals surface area contributed by atoms with Crippen LogP contribution < -0.4 is 15.4 Å². The highest BCUT2D eigenvalue weighted by molar-refractivity contribution is 5.87. The van der Waals surface area contributed by atoms with Crippen molar-refractivity contribution in [3.63, 3.8) is 0 Å². The van der Waals surface area contributed by atoms with Crippen molar-refractivity contribution in [2.75, 3.05) is 13.2 Å². The summed E-state index contributed by atoms with van der Waals surface area (Å²) in [6.45, 7) is 3.66. The Morgan fingerprint density at radius 2 is 1.95 bits per heavy atom. The lowest BCUT2D eigenvalue weighted by Gasteiger charge is -2.13. The molecule has 1 aromatic carbocycles. The average molecular weight is 268 g/mol. The van der Waals surface area contributed by atoms with Crippen molar-refractivity contribution in [1.82, 2.24) is 10.6 Å². The lowest BCUT2D eigenvalue weighted by Crippen LogP contribution is -2.46. The van der Waals surface area contributed by atoms with Gasteiger partial charge in [0, 0.05) is 6.54 Å². The molecule has 0 saturated heterocycles. The van der Waals surface area contributed by atoms with Crippen LogP contribution in [-0.2, 0) is 9.59 Å². The number of benzene rings is 1. The van der Waals surface area contributed by atoms with Gasteiger partial charge in [-0.15, -0.1) is 0 Å². The predicted molar refractivity (Wildman–Crippen MR) is 68.2 cm³/mol. The molecule has 104 valence electrons. The third-order valence-corrected chi connectivity index (χ3v) is 2.31. The van der Waals surface area contributed by atoms with Gasteiger partial charge < -0.3 is 15.4 Å². The molecule has 1 rings (SSSR count). The molecule has 19 heavy (non-hydrogen) atoms. The van der Waals surface area contributed by atoms with Crippen LogP contribution >= 0.6 is 0 Å². The number of likely N-dealkylation sites (N-methyl/N-ethyl adjacent to an activating group) is 1. The summed E-state index contributed by atoms with van der Waals surface area (Å²) < 4.78 is 17.8. The topological polar surface area (TPSA) is 67.4 Å². The van der Waals surface area contributed by atoms with Crippen LogP contribution in [0.2, 0.25) is 0 Å². The highest BCUT2D eigenvalue weighted by Gasteiger charge is 2.14. The molecule has 1 aromatic rings. The quantitative estimate of drug-likeness (QED) is 0.803. The molecule has 6 heteroatoms. The van der Waals surface area contributed by atoms with Crippen LogP contribution in [0.3, 0.4) is 0 Å². The van der Waals surface area contributed by atoms with Crippen LogP contribution in [0.4, 0.5) is 4.39 Å². The molecule has 0 aliphatic carbocycles. The SMILES string of the molecule is CCNC(=O)[C@@H](C)NC(=O)COc1ccc(F)cc1. The minimum absolute atomic E-state index is 0.227. The summed E-state index contributed by atoms with van der Waals surface area (Å²) >= 11 is 0. The van der Waals surface area contributed by atoms with E-state index in [2.05, 4.69) is 10.6 Å². The van der Waals surface area contributed by atoms with Crippen molar-refractivity contribution in [2.45, 2.75) is 19.9 Å². The van der Waals surface area contributed by atoms with Crippen LogP contribution in [-0.4, -0.2) is 31.0 Å². The smallest absolute Gasteiger partial charge is 0.258 e. The zero-order chi connectivity index (χ0) is 14.3. The number of halogens is 1. The van der Waals surface area contributed by atoms with Gasteiger partial charge in [-0.3, -0.25) is 9.59 Å². The number of amides is 2. The van der Waals surface area contributed by atoms with Gasteiger partial charge in [0.05, 0.1) is 0 Å². The van der Waals surface area contributed by atoms with Crippen molar-refractivity contribution in [1.29, 1.82) is 0 Å². The van der Waals surface area contributed by atoms with Crippen LogP contribution in [0, 0.1) is 5.82 Å². The Hall–Kier alpha value is -2.11. The number of carbonyl (C=O) groups excluding carboxylic acids is 2. The van der Waals surface area contributed by atoms with Crippen LogP contribution in [0.25, 0.3) is 0 Å². The Morgan fingerprint density at radius 3 is 2.53 bits per heavy atom. The van der Waals surface area contributed by atoms with Gasteiger partial charge in [0.2, 0.25) is 5.91 Å². The Balaban J connectivity index is 2.35. The predicted octanol–water partition coefficient (Wildman–Crippen LogP) is 0.845. The molecule has 0 unspecified atom stereocenters. The minimum Gasteiger partial charge on any atom is -0.484 e. The van der Waals surface area contributed by atoms with Gasteiger partial charge in [0.25, 0.3) is 5.91 Å². The van der Waals surface area contributed by atoms with E-state index in [0.29, 0.717) is 12.3 Å². The fourth-order valence-corrected chi connectivity index (χ4v) is 1.36. The molecule has 0 heterocycles. The van der Waals surface area contributed by atoms with Gasteiger partial charge in [-0.2, -0.15) is 0 Å². The lowest BCUT2D eigenvalue weighted by molar-refractivity contribution is -0.129. The largest absolute Gasteiger partial charge is 0.484 e. The Morgan fingerprint density at radius 1 is 1.32 bits per heavy atom. The first kappa shape index (κ1) is 14.9. The number of nitrogens with one attached hydrogen (secondary N) is 2. The molecular formula is C13H17FN2O3. The Kier molecular flexibility index (Phi) is 5.78. The van der Waals surface area contributed by atoms with E-state index in [0.717, 1.165) is 0 Å². The van der Waals surface area contributed by atoms with Gasteiger partial charge in [-0.25, -0.2) is 4.39 Å². The summed E-state index contributed by atoms with van der Waals surface area (Å²) in [4.78, 5) is 22.9. The molecule has 0 spiro atoms. The highest BCUT2D eigenvalue weighted by Crippen LogP contribution is 2.10. The van der Waals surface area contributed by atoms with Crippen molar-refractivity contribution < 1.29 is 18.7 Å². The molecule has 0 saturated carbocycles. The second kappa shape index (κ2) is 7.35. The summed E-state index contributed by atoms with van der Waals surface area (Å²) in [5.74, 6) is -0.649. The summed E-state index contributed by atoms with van der Waals surface area (Å²) in [7, 11) is 0. The monoisotopic (exact) mass is 268 g/mol. The van der Waals surface area contributed by atoms with E-state index in [1.54, 1.807) is 13.8 Å². The number of hydrogen-bond donors (Lipinski definition) is 2. The van der Waals surface area contributed by atoms with E-state index < -0.39 is 11.9 Å². The number of rotatable bonds is 6. The fourth-order valence-electron chi connectivity index (χ4n) is 1.36. The van der Waals surface area contributed by atoms with E-state index in [1.807, 2.05) is 0 Å². The number of carbonyl (C=O) groups is 2. The summed E-state index contributed by atoms with van der Waals surface area (Å²) in [6, 6.07) is 4.71. The Bertz CT molecular complexity index is 434. The molecule has 0 fully saturated rings. The van der Waals surface area contributed by atoms with Gasteiger partial charge in [0.1, 0.15) is 17.6 Å². The third kappa shape index (κ3) is 5.37.